The normalized spacial score (nSPS) is 17.9. The molecule has 0 bridgehead atoms. The maximum atomic E-state index is 12.8. The highest BCUT2D eigenvalue weighted by molar-refractivity contribution is 6.01. The SMILES string of the molecule is [2H]C([2H])([2H])NC(=O)c1nnc(NC(=O)C2CC2)cc1Nc1ncc(OC)c2c1N(C)[C@H](C)c1nn(C)cc1-2. The van der Waals surface area contributed by atoms with E-state index in [-0.39, 0.29) is 35.1 Å². The molecule has 3 aromatic heterocycles. The molecule has 1 saturated carbocycles. The van der Waals surface area contributed by atoms with Crippen LogP contribution in [0.3, 0.4) is 0 Å². The first kappa shape index (κ1) is 19.1. The molecule has 4 heterocycles. The molecule has 12 heteroatoms. The van der Waals surface area contributed by atoms with E-state index in [1.165, 1.54) is 6.07 Å². The predicted octanol–water partition coefficient (Wildman–Crippen LogP) is 2.24. The lowest BCUT2D eigenvalue weighted by Gasteiger charge is -2.34. The van der Waals surface area contributed by atoms with E-state index in [4.69, 9.17) is 8.85 Å². The monoisotopic (exact) mass is 480 g/mol. The Morgan fingerprint density at radius 2 is 2.06 bits per heavy atom. The summed E-state index contributed by atoms with van der Waals surface area (Å²) in [7, 11) is 5.28. The van der Waals surface area contributed by atoms with Gasteiger partial charge >= 0.3 is 0 Å². The number of pyridine rings is 1. The summed E-state index contributed by atoms with van der Waals surface area (Å²) in [4.78, 5) is 31.7. The Labute approximate surface area is 206 Å². The van der Waals surface area contributed by atoms with Gasteiger partial charge in [-0.25, -0.2) is 4.98 Å². The Hall–Kier alpha value is -4.22. The number of carbonyl (C=O) groups is 2. The highest BCUT2D eigenvalue weighted by Crippen LogP contribution is 2.50. The molecule has 12 nitrogen and oxygen atoms in total. The first-order chi connectivity index (χ1) is 18.0. The first-order valence-electron chi connectivity index (χ1n) is 12.6. The van der Waals surface area contributed by atoms with Gasteiger partial charge in [0.05, 0.1) is 42.0 Å². The van der Waals surface area contributed by atoms with Gasteiger partial charge in [0.25, 0.3) is 5.91 Å². The molecule has 1 aliphatic heterocycles. The average Bonchev–Trinajstić information content (AvgIpc) is 3.62. The summed E-state index contributed by atoms with van der Waals surface area (Å²) in [5, 5.41) is 20.2. The number of aromatic nitrogens is 5. The Bertz CT molecular complexity index is 1440. The third-order valence-electron chi connectivity index (χ3n) is 6.27. The molecule has 1 aliphatic carbocycles. The minimum Gasteiger partial charge on any atom is -0.494 e. The van der Waals surface area contributed by atoms with Crippen LogP contribution in [0.4, 0.5) is 23.0 Å². The molecule has 3 N–H and O–H groups in total. The van der Waals surface area contributed by atoms with Crippen molar-refractivity contribution in [1.82, 2.24) is 30.3 Å². The molecule has 182 valence electrons. The van der Waals surface area contributed by atoms with Gasteiger partial charge in [-0.2, -0.15) is 5.10 Å². The van der Waals surface area contributed by atoms with Gasteiger partial charge in [0.2, 0.25) is 5.91 Å². The van der Waals surface area contributed by atoms with Crippen molar-refractivity contribution in [1.29, 1.82) is 0 Å². The molecule has 3 aromatic rings. The number of methoxy groups -OCH3 is 1. The van der Waals surface area contributed by atoms with E-state index < -0.39 is 12.9 Å². The minimum absolute atomic E-state index is 0.0779. The van der Waals surface area contributed by atoms with Crippen LogP contribution in [0.15, 0.2) is 18.5 Å². The molecule has 0 radical (unpaired) electrons. The van der Waals surface area contributed by atoms with Crippen molar-refractivity contribution in [3.63, 3.8) is 0 Å². The number of hydrogen-bond acceptors (Lipinski definition) is 9. The van der Waals surface area contributed by atoms with Crippen LogP contribution < -0.4 is 25.6 Å². The molecular formula is C23H27N9O3. The van der Waals surface area contributed by atoms with Crippen molar-refractivity contribution >= 4 is 34.8 Å². The van der Waals surface area contributed by atoms with E-state index in [0.717, 1.165) is 29.7 Å². The van der Waals surface area contributed by atoms with Gasteiger partial charge in [-0.05, 0) is 19.8 Å². The first-order valence-corrected chi connectivity index (χ1v) is 11.1. The number of anilines is 4. The zero-order valence-corrected chi connectivity index (χ0v) is 19.7. The second-order valence-electron chi connectivity index (χ2n) is 8.62. The summed E-state index contributed by atoms with van der Waals surface area (Å²) < 4.78 is 29.6. The zero-order chi connectivity index (χ0) is 27.4. The molecule has 0 spiro atoms. The quantitative estimate of drug-likeness (QED) is 0.485. The smallest absolute Gasteiger partial charge is 0.273 e. The molecule has 0 saturated heterocycles. The average molecular weight is 481 g/mol. The highest BCUT2D eigenvalue weighted by atomic mass is 16.5. The van der Waals surface area contributed by atoms with Crippen LogP contribution in [0.25, 0.3) is 11.1 Å². The van der Waals surface area contributed by atoms with E-state index in [1.54, 1.807) is 18.0 Å². The highest BCUT2D eigenvalue weighted by Gasteiger charge is 2.34. The second kappa shape index (κ2) is 8.53. The Morgan fingerprint density at radius 1 is 1.26 bits per heavy atom. The summed E-state index contributed by atoms with van der Waals surface area (Å²) in [6, 6.07) is 1.32. The molecule has 35 heavy (non-hydrogen) atoms. The van der Waals surface area contributed by atoms with Crippen LogP contribution >= 0.6 is 0 Å². The van der Waals surface area contributed by atoms with Crippen molar-refractivity contribution in [2.24, 2.45) is 13.0 Å². The van der Waals surface area contributed by atoms with E-state index >= 15 is 0 Å². The maximum Gasteiger partial charge on any atom is 0.273 e. The van der Waals surface area contributed by atoms with Crippen LogP contribution in [0, 0.1) is 5.92 Å². The van der Waals surface area contributed by atoms with E-state index in [2.05, 4.69) is 30.9 Å². The molecular weight excluding hydrogens is 450 g/mol. The molecule has 0 unspecified atom stereocenters. The number of ether oxygens (including phenoxy) is 1. The van der Waals surface area contributed by atoms with Crippen molar-refractivity contribution in [3.05, 3.63) is 29.8 Å². The van der Waals surface area contributed by atoms with Crippen LogP contribution in [0.5, 0.6) is 5.75 Å². The zero-order valence-electron chi connectivity index (χ0n) is 22.7. The molecule has 1 fully saturated rings. The minimum atomic E-state index is -2.74. The number of aryl methyl sites for hydroxylation is 1. The van der Waals surface area contributed by atoms with Gasteiger partial charge in [0.15, 0.2) is 17.3 Å². The third kappa shape index (κ3) is 3.90. The van der Waals surface area contributed by atoms with Crippen LogP contribution in [-0.4, -0.2) is 57.9 Å². The van der Waals surface area contributed by atoms with Gasteiger partial charge in [0.1, 0.15) is 5.75 Å². The fourth-order valence-electron chi connectivity index (χ4n) is 4.19. The van der Waals surface area contributed by atoms with Crippen molar-refractivity contribution < 1.29 is 18.4 Å². The molecule has 2 amide bonds. The number of nitrogens with zero attached hydrogens (tertiary/aromatic N) is 6. The number of fused-ring (bicyclic) bond motifs is 3. The van der Waals surface area contributed by atoms with Crippen LogP contribution in [0.1, 0.15) is 46.1 Å². The number of carbonyl (C=O) groups excluding carboxylic acids is 2. The topological polar surface area (TPSA) is 139 Å². The summed E-state index contributed by atoms with van der Waals surface area (Å²) >= 11 is 0. The standard InChI is InChI=1S/C23H27N9O3/c1-11-18-13(10-31(3)30-18)17-15(35-5)9-25-21(20(17)32(11)4)26-14-8-16(27-22(33)12-6-7-12)28-29-19(14)23(34)24-2/h8-12H,6-7H2,1-5H3,(H,24,34)(H2,25,26,27,28,33)/t11-/m1/s1/i2D3. The van der Waals surface area contributed by atoms with E-state index in [0.29, 0.717) is 17.3 Å². The maximum absolute atomic E-state index is 12.8. The van der Waals surface area contributed by atoms with Gasteiger partial charge in [0, 0.05) is 48.9 Å². The largest absolute Gasteiger partial charge is 0.494 e. The van der Waals surface area contributed by atoms with Gasteiger partial charge < -0.3 is 25.6 Å². The lowest BCUT2D eigenvalue weighted by molar-refractivity contribution is -0.117. The molecule has 2 aliphatic rings. The number of nitrogens with one attached hydrogen (secondary N) is 3. The number of rotatable bonds is 6. The van der Waals surface area contributed by atoms with Gasteiger partial charge in [-0.3, -0.25) is 14.3 Å². The summed E-state index contributed by atoms with van der Waals surface area (Å²) in [6.45, 7) is -0.731. The molecule has 0 aromatic carbocycles. The Kier molecular flexibility index (Phi) is 4.66. The summed E-state index contributed by atoms with van der Waals surface area (Å²) in [5.41, 5.74) is 3.02. The lowest BCUT2D eigenvalue weighted by Crippen LogP contribution is -2.28. The molecule has 1 atom stereocenters. The van der Waals surface area contributed by atoms with Crippen LogP contribution in [0.2, 0.25) is 0 Å². The summed E-state index contributed by atoms with van der Waals surface area (Å²) in [5.74, 6) is -0.218. The Balaban J connectivity index is 1.61. The second-order valence-corrected chi connectivity index (χ2v) is 8.62. The van der Waals surface area contributed by atoms with Gasteiger partial charge in [-0.15, -0.1) is 10.2 Å². The number of hydrogen-bond donors (Lipinski definition) is 3. The van der Waals surface area contributed by atoms with Crippen LogP contribution in [-0.2, 0) is 11.8 Å². The van der Waals surface area contributed by atoms with Crippen molar-refractivity contribution in [2.75, 3.05) is 36.7 Å². The lowest BCUT2D eigenvalue weighted by atomic mass is 9.95. The van der Waals surface area contributed by atoms with Crippen molar-refractivity contribution in [3.8, 4) is 16.9 Å². The van der Waals surface area contributed by atoms with Gasteiger partial charge in [-0.1, -0.05) is 0 Å². The fraction of sp³-hybridized carbons (Fsp3) is 0.391. The Morgan fingerprint density at radius 3 is 2.77 bits per heavy atom. The van der Waals surface area contributed by atoms with Crippen molar-refractivity contribution in [2.45, 2.75) is 25.8 Å². The summed E-state index contributed by atoms with van der Waals surface area (Å²) in [6.07, 6.45) is 5.05. The third-order valence-corrected chi connectivity index (χ3v) is 6.27. The molecule has 5 rings (SSSR count). The van der Waals surface area contributed by atoms with E-state index in [9.17, 15) is 9.59 Å². The fourth-order valence-corrected chi connectivity index (χ4v) is 4.19. The number of amides is 2. The predicted molar refractivity (Wildman–Crippen MR) is 130 cm³/mol. The van der Waals surface area contributed by atoms with E-state index in [1.807, 2.05) is 37.4 Å².